The van der Waals surface area contributed by atoms with Gasteiger partial charge in [0.2, 0.25) is 0 Å². The molecule has 0 spiro atoms. The quantitative estimate of drug-likeness (QED) is 0.452. The van der Waals surface area contributed by atoms with Crippen LogP contribution in [0.3, 0.4) is 0 Å². The molecule has 1 aromatic rings. The average Bonchev–Trinajstić information content (AvgIpc) is 2.56. The summed E-state index contributed by atoms with van der Waals surface area (Å²) in [6.45, 7) is 25.8. The predicted octanol–water partition coefficient (Wildman–Crippen LogP) is 7.38. The minimum atomic E-state index is -1.89. The highest BCUT2D eigenvalue weighted by atomic mass is 28.4. The Hall–Kier alpha value is -0.496. The van der Waals surface area contributed by atoms with Crippen molar-refractivity contribution in [2.75, 3.05) is 0 Å². The minimum Gasteiger partial charge on any atom is -0.411 e. The fourth-order valence-electron chi connectivity index (χ4n) is 3.75. The van der Waals surface area contributed by atoms with E-state index in [-0.39, 0.29) is 22.3 Å². The van der Waals surface area contributed by atoms with Gasteiger partial charge in [-0.25, -0.2) is 0 Å². The van der Waals surface area contributed by atoms with Crippen molar-refractivity contribution >= 4 is 16.6 Å². The molecule has 1 aliphatic carbocycles. The van der Waals surface area contributed by atoms with Gasteiger partial charge >= 0.3 is 0 Å². The number of rotatable bonds is 5. The summed E-state index contributed by atoms with van der Waals surface area (Å²) < 4.78 is 14.1. The van der Waals surface area contributed by atoms with E-state index in [2.05, 4.69) is 91.8 Å². The van der Waals surface area contributed by atoms with Crippen LogP contribution in [0.25, 0.3) is 0 Å². The Morgan fingerprint density at radius 1 is 0.828 bits per heavy atom. The second kappa shape index (κ2) is 8.56. The summed E-state index contributed by atoms with van der Waals surface area (Å²) >= 11 is 0. The molecule has 0 radical (unpaired) electrons. The van der Waals surface area contributed by atoms with Crippen molar-refractivity contribution in [1.82, 2.24) is 4.98 Å². The molecule has 1 aromatic heterocycles. The first kappa shape index (κ1) is 24.8. The van der Waals surface area contributed by atoms with Crippen molar-refractivity contribution in [3.63, 3.8) is 0 Å². The zero-order valence-electron chi connectivity index (χ0n) is 20.8. The highest BCUT2D eigenvalue weighted by molar-refractivity contribution is 6.74. The number of hydrogen-bond donors (Lipinski definition) is 0. The van der Waals surface area contributed by atoms with E-state index in [4.69, 9.17) is 8.85 Å². The van der Waals surface area contributed by atoms with Crippen LogP contribution >= 0.6 is 0 Å². The summed E-state index contributed by atoms with van der Waals surface area (Å²) in [7, 11) is -3.77. The summed E-state index contributed by atoms with van der Waals surface area (Å²) in [6.07, 6.45) is 6.38. The molecule has 0 unspecified atom stereocenters. The molecule has 0 aromatic carbocycles. The largest absolute Gasteiger partial charge is 0.411 e. The van der Waals surface area contributed by atoms with E-state index in [1.165, 1.54) is 5.56 Å². The van der Waals surface area contributed by atoms with E-state index in [0.29, 0.717) is 11.8 Å². The van der Waals surface area contributed by atoms with Crippen LogP contribution in [0.1, 0.15) is 72.8 Å². The molecule has 1 fully saturated rings. The summed E-state index contributed by atoms with van der Waals surface area (Å²) in [5.74, 6) is 0.993. The Morgan fingerprint density at radius 3 is 1.79 bits per heavy atom. The lowest BCUT2D eigenvalue weighted by molar-refractivity contribution is -0.0305. The number of aromatic nitrogens is 1. The summed E-state index contributed by atoms with van der Waals surface area (Å²) in [6, 6.07) is 4.35. The Bertz CT molecular complexity index is 662. The number of pyridine rings is 1. The van der Waals surface area contributed by atoms with Crippen molar-refractivity contribution in [3.05, 3.63) is 30.1 Å². The topological polar surface area (TPSA) is 31.4 Å². The smallest absolute Gasteiger partial charge is 0.192 e. The molecule has 166 valence electrons. The minimum absolute atomic E-state index is 0.159. The van der Waals surface area contributed by atoms with Crippen molar-refractivity contribution in [1.29, 1.82) is 0 Å². The molecule has 29 heavy (non-hydrogen) atoms. The molecule has 0 amide bonds. The molecule has 0 bridgehead atoms. The van der Waals surface area contributed by atoms with Gasteiger partial charge in [-0.15, -0.1) is 0 Å². The number of hydrogen-bond acceptors (Lipinski definition) is 3. The lowest BCUT2D eigenvalue weighted by Crippen LogP contribution is -2.55. The second-order valence-corrected chi connectivity index (χ2v) is 21.7. The Kier molecular flexibility index (Phi) is 7.31. The fraction of sp³-hybridized carbons (Fsp3) is 0.792. The number of nitrogens with zero attached hydrogens (tertiary/aromatic N) is 1. The predicted molar refractivity (Wildman–Crippen MR) is 130 cm³/mol. The molecule has 3 nitrogen and oxygen atoms in total. The maximum Gasteiger partial charge on any atom is 0.192 e. The third-order valence-corrected chi connectivity index (χ3v) is 16.7. The average molecular weight is 436 g/mol. The van der Waals surface area contributed by atoms with Gasteiger partial charge in [0, 0.05) is 12.4 Å². The van der Waals surface area contributed by atoms with Gasteiger partial charge in [0.25, 0.3) is 0 Å². The first-order valence-corrected chi connectivity index (χ1v) is 17.1. The second-order valence-electron chi connectivity index (χ2n) is 12.2. The Balaban J connectivity index is 2.35. The molecular formula is C24H45NO2Si2. The fourth-order valence-corrected chi connectivity index (χ4v) is 6.51. The van der Waals surface area contributed by atoms with Gasteiger partial charge in [-0.2, -0.15) is 0 Å². The molecule has 2 rings (SSSR count). The lowest BCUT2D eigenvalue weighted by atomic mass is 9.76. The standard InChI is InChI=1S/C24H45NO2Si2/c1-18-16-20(19-12-14-25-15-13-19)17-21(26-28(8,9)23(2,3)4)22(18)27-29(10,11)24(5,6)7/h12-15,18,20-22H,16-17H2,1-11H3/t18-,20+,21+,22+/m1/s1. The van der Waals surface area contributed by atoms with E-state index in [1.54, 1.807) is 0 Å². The van der Waals surface area contributed by atoms with Gasteiger partial charge < -0.3 is 8.85 Å². The molecule has 4 atom stereocenters. The lowest BCUT2D eigenvalue weighted by Gasteiger charge is -2.50. The molecular weight excluding hydrogens is 390 g/mol. The van der Waals surface area contributed by atoms with Crippen molar-refractivity contribution in [2.45, 2.75) is 116 Å². The van der Waals surface area contributed by atoms with Crippen LogP contribution in [0.4, 0.5) is 0 Å². The Morgan fingerprint density at radius 2 is 1.31 bits per heavy atom. The molecule has 0 N–H and O–H groups in total. The van der Waals surface area contributed by atoms with Crippen LogP contribution < -0.4 is 0 Å². The maximum atomic E-state index is 7.06. The summed E-state index contributed by atoms with van der Waals surface area (Å²) in [5, 5.41) is 0.400. The summed E-state index contributed by atoms with van der Waals surface area (Å²) in [4.78, 5) is 4.22. The zero-order valence-corrected chi connectivity index (χ0v) is 22.8. The summed E-state index contributed by atoms with van der Waals surface area (Å²) in [5.41, 5.74) is 1.39. The highest BCUT2D eigenvalue weighted by Gasteiger charge is 2.48. The van der Waals surface area contributed by atoms with Gasteiger partial charge in [-0.3, -0.25) is 4.98 Å². The van der Waals surface area contributed by atoms with E-state index >= 15 is 0 Å². The highest BCUT2D eigenvalue weighted by Crippen LogP contribution is 2.46. The van der Waals surface area contributed by atoms with Crippen LogP contribution in [0.5, 0.6) is 0 Å². The third-order valence-electron chi connectivity index (χ3n) is 7.77. The normalized spacial score (nSPS) is 27.1. The SMILES string of the molecule is C[C@@H]1C[C@H](c2ccncc2)C[C@H](O[Si](C)(C)C(C)(C)C)[C@H]1O[Si](C)(C)C(C)(C)C. The van der Waals surface area contributed by atoms with Gasteiger partial charge in [0.1, 0.15) is 0 Å². The van der Waals surface area contributed by atoms with Gasteiger partial charge in [0.15, 0.2) is 16.6 Å². The first-order chi connectivity index (χ1) is 13.1. The van der Waals surface area contributed by atoms with Gasteiger partial charge in [-0.05, 0) is 78.6 Å². The van der Waals surface area contributed by atoms with Gasteiger partial charge in [-0.1, -0.05) is 48.5 Å². The van der Waals surface area contributed by atoms with Gasteiger partial charge in [0.05, 0.1) is 12.2 Å². The Labute approximate surface area is 182 Å². The van der Waals surface area contributed by atoms with Crippen LogP contribution in [0.15, 0.2) is 24.5 Å². The molecule has 1 saturated carbocycles. The van der Waals surface area contributed by atoms with Crippen LogP contribution in [-0.2, 0) is 8.85 Å². The monoisotopic (exact) mass is 435 g/mol. The van der Waals surface area contributed by atoms with Crippen LogP contribution in [0, 0.1) is 5.92 Å². The van der Waals surface area contributed by atoms with E-state index in [1.807, 2.05) is 12.4 Å². The molecule has 1 aliphatic rings. The van der Waals surface area contributed by atoms with Crippen molar-refractivity contribution in [2.24, 2.45) is 5.92 Å². The maximum absolute atomic E-state index is 7.06. The van der Waals surface area contributed by atoms with E-state index < -0.39 is 16.6 Å². The molecule has 0 saturated heterocycles. The first-order valence-electron chi connectivity index (χ1n) is 11.3. The van der Waals surface area contributed by atoms with Crippen molar-refractivity contribution in [3.8, 4) is 0 Å². The zero-order chi connectivity index (χ0) is 22.3. The van der Waals surface area contributed by atoms with Crippen LogP contribution in [0.2, 0.25) is 36.3 Å². The molecule has 1 heterocycles. The third kappa shape index (κ3) is 5.81. The van der Waals surface area contributed by atoms with E-state index in [9.17, 15) is 0 Å². The van der Waals surface area contributed by atoms with Crippen LogP contribution in [-0.4, -0.2) is 33.8 Å². The van der Waals surface area contributed by atoms with Crippen molar-refractivity contribution < 1.29 is 8.85 Å². The molecule has 5 heteroatoms. The molecule has 0 aliphatic heterocycles. The van der Waals surface area contributed by atoms with E-state index in [0.717, 1.165) is 12.8 Å².